The van der Waals surface area contributed by atoms with Gasteiger partial charge in [-0.25, -0.2) is 4.98 Å². The second-order valence-electron chi connectivity index (χ2n) is 8.04. The molecule has 1 aliphatic carbocycles. The highest BCUT2D eigenvalue weighted by molar-refractivity contribution is 7.98. The van der Waals surface area contributed by atoms with Crippen LogP contribution in [0.25, 0.3) is 10.9 Å². The summed E-state index contributed by atoms with van der Waals surface area (Å²) in [6.07, 6.45) is 6.58. The van der Waals surface area contributed by atoms with Crippen molar-refractivity contribution >= 4 is 22.7 Å². The Morgan fingerprint density at radius 1 is 1.12 bits per heavy atom. The lowest BCUT2D eigenvalue weighted by Crippen LogP contribution is -2.11. The maximum atomic E-state index is 12.3. The van der Waals surface area contributed by atoms with Gasteiger partial charge in [0.05, 0.1) is 16.7 Å². The van der Waals surface area contributed by atoms with E-state index >= 15 is 0 Å². The van der Waals surface area contributed by atoms with Crippen molar-refractivity contribution in [1.82, 2.24) is 24.7 Å². The molecule has 4 aromatic rings. The number of ether oxygens (including phenoxy) is 1. The van der Waals surface area contributed by atoms with Crippen molar-refractivity contribution in [3.63, 3.8) is 0 Å². The highest BCUT2D eigenvalue weighted by Crippen LogP contribution is 2.26. The minimum absolute atomic E-state index is 0.136. The third-order valence-electron chi connectivity index (χ3n) is 5.79. The molecule has 2 heterocycles. The lowest BCUT2D eigenvalue weighted by Gasteiger charge is -2.16. The van der Waals surface area contributed by atoms with Crippen molar-refractivity contribution in [2.45, 2.75) is 49.7 Å². The van der Waals surface area contributed by atoms with E-state index in [1.807, 2.05) is 34.9 Å². The first-order valence-corrected chi connectivity index (χ1v) is 12.1. The first-order chi connectivity index (χ1) is 16.2. The summed E-state index contributed by atoms with van der Waals surface area (Å²) < 4.78 is 8.04. The van der Waals surface area contributed by atoms with E-state index in [-0.39, 0.29) is 5.56 Å². The summed E-state index contributed by atoms with van der Waals surface area (Å²) >= 11 is 1.47. The zero-order chi connectivity index (χ0) is 22.6. The Hall–Kier alpha value is -3.39. The van der Waals surface area contributed by atoms with Gasteiger partial charge in [-0.05, 0) is 61.1 Å². The fourth-order valence-electron chi connectivity index (χ4n) is 4.13. The predicted octanol–water partition coefficient (Wildman–Crippen LogP) is 4.45. The molecule has 168 valence electrons. The number of aromatic nitrogens is 5. The SMILES string of the molecule is C=CCn1c(COc2ccc3c(c2)CCCC3)nnc1SCc1nc2ccccc2c(=O)[nH]1. The zero-order valence-electron chi connectivity index (χ0n) is 18.3. The van der Waals surface area contributed by atoms with E-state index in [0.717, 1.165) is 29.6 Å². The molecule has 0 fully saturated rings. The molecule has 5 rings (SSSR count). The third-order valence-corrected chi connectivity index (χ3v) is 6.77. The van der Waals surface area contributed by atoms with Crippen molar-refractivity contribution in [2.24, 2.45) is 0 Å². The number of aryl methyl sites for hydroxylation is 2. The largest absolute Gasteiger partial charge is 0.486 e. The average molecular weight is 460 g/mol. The van der Waals surface area contributed by atoms with E-state index in [9.17, 15) is 4.79 Å². The fraction of sp³-hybridized carbons (Fsp3) is 0.280. The van der Waals surface area contributed by atoms with Gasteiger partial charge in [-0.3, -0.25) is 9.36 Å². The minimum atomic E-state index is -0.136. The van der Waals surface area contributed by atoms with Crippen LogP contribution in [0.1, 0.15) is 35.6 Å². The van der Waals surface area contributed by atoms with Gasteiger partial charge in [-0.15, -0.1) is 16.8 Å². The molecule has 0 saturated heterocycles. The van der Waals surface area contributed by atoms with Gasteiger partial charge in [0.1, 0.15) is 18.2 Å². The summed E-state index contributed by atoms with van der Waals surface area (Å²) in [5.41, 5.74) is 3.37. The predicted molar refractivity (Wildman–Crippen MR) is 130 cm³/mol. The number of benzene rings is 2. The molecule has 0 atom stereocenters. The van der Waals surface area contributed by atoms with Crippen molar-refractivity contribution in [3.05, 3.63) is 88.2 Å². The van der Waals surface area contributed by atoms with Crippen LogP contribution in [0, 0.1) is 0 Å². The van der Waals surface area contributed by atoms with Crippen molar-refractivity contribution < 1.29 is 4.74 Å². The maximum absolute atomic E-state index is 12.3. The van der Waals surface area contributed by atoms with E-state index in [2.05, 4.69) is 38.9 Å². The topological polar surface area (TPSA) is 85.7 Å². The van der Waals surface area contributed by atoms with E-state index in [4.69, 9.17) is 4.74 Å². The van der Waals surface area contributed by atoms with Crippen LogP contribution in [0.3, 0.4) is 0 Å². The molecule has 2 aromatic heterocycles. The third kappa shape index (κ3) is 4.71. The van der Waals surface area contributed by atoms with Gasteiger partial charge in [0.15, 0.2) is 11.0 Å². The van der Waals surface area contributed by atoms with E-state index < -0.39 is 0 Å². The Morgan fingerprint density at radius 3 is 2.85 bits per heavy atom. The second kappa shape index (κ2) is 9.62. The normalized spacial score (nSPS) is 13.1. The molecule has 0 amide bonds. The number of aromatic amines is 1. The van der Waals surface area contributed by atoms with Crippen molar-refractivity contribution in [2.75, 3.05) is 0 Å². The standard InChI is InChI=1S/C25H25N5O2S/c1-2-13-30-23(15-32-19-12-11-17-7-3-4-8-18(17)14-19)28-29-25(30)33-16-22-26-21-10-6-5-9-20(21)24(31)27-22/h2,5-6,9-12,14H,1,3-4,7-8,13,15-16H2,(H,26,27,31). The molecule has 0 bridgehead atoms. The smallest absolute Gasteiger partial charge is 0.258 e. The van der Waals surface area contributed by atoms with Crippen LogP contribution in [-0.2, 0) is 31.7 Å². The van der Waals surface area contributed by atoms with Crippen LogP contribution in [0.2, 0.25) is 0 Å². The molecule has 33 heavy (non-hydrogen) atoms. The summed E-state index contributed by atoms with van der Waals surface area (Å²) in [4.78, 5) is 19.8. The molecule has 1 N–H and O–H groups in total. The van der Waals surface area contributed by atoms with E-state index in [0.29, 0.717) is 35.6 Å². The first kappa shape index (κ1) is 21.5. The molecular weight excluding hydrogens is 434 g/mol. The molecule has 2 aromatic carbocycles. The number of para-hydroxylation sites is 1. The minimum Gasteiger partial charge on any atom is -0.486 e. The van der Waals surface area contributed by atoms with Crippen LogP contribution < -0.4 is 10.3 Å². The Balaban J connectivity index is 1.30. The van der Waals surface area contributed by atoms with Crippen LogP contribution in [0.5, 0.6) is 5.75 Å². The van der Waals surface area contributed by atoms with Crippen LogP contribution in [0.15, 0.2) is 65.1 Å². The Kier molecular flexibility index (Phi) is 6.26. The monoisotopic (exact) mass is 459 g/mol. The molecule has 0 spiro atoms. The molecule has 8 heteroatoms. The van der Waals surface area contributed by atoms with Gasteiger partial charge < -0.3 is 9.72 Å². The Labute approximate surface area is 195 Å². The lowest BCUT2D eigenvalue weighted by atomic mass is 9.92. The number of thioether (sulfide) groups is 1. The molecule has 0 aliphatic heterocycles. The highest BCUT2D eigenvalue weighted by atomic mass is 32.2. The summed E-state index contributed by atoms with van der Waals surface area (Å²) in [7, 11) is 0. The molecule has 0 unspecified atom stereocenters. The van der Waals surface area contributed by atoms with Crippen molar-refractivity contribution in [1.29, 1.82) is 0 Å². The van der Waals surface area contributed by atoms with Gasteiger partial charge >= 0.3 is 0 Å². The quantitative estimate of drug-likeness (QED) is 0.309. The Morgan fingerprint density at radius 2 is 1.97 bits per heavy atom. The molecule has 1 aliphatic rings. The fourth-order valence-corrected chi connectivity index (χ4v) is 4.97. The summed E-state index contributed by atoms with van der Waals surface area (Å²) in [5, 5.41) is 10.0. The van der Waals surface area contributed by atoms with E-state index in [1.54, 1.807) is 6.07 Å². The first-order valence-electron chi connectivity index (χ1n) is 11.1. The van der Waals surface area contributed by atoms with Crippen LogP contribution >= 0.6 is 11.8 Å². The molecule has 7 nitrogen and oxygen atoms in total. The summed E-state index contributed by atoms with van der Waals surface area (Å²) in [6, 6.07) is 13.7. The number of nitrogens with zero attached hydrogens (tertiary/aromatic N) is 4. The van der Waals surface area contributed by atoms with Crippen LogP contribution in [-0.4, -0.2) is 24.7 Å². The van der Waals surface area contributed by atoms with Gasteiger partial charge in [0, 0.05) is 6.54 Å². The van der Waals surface area contributed by atoms with Gasteiger partial charge in [0.25, 0.3) is 5.56 Å². The number of H-pyrrole nitrogens is 1. The average Bonchev–Trinajstić information content (AvgIpc) is 3.23. The molecular formula is C25H25N5O2S. The highest BCUT2D eigenvalue weighted by Gasteiger charge is 2.15. The Bertz CT molecular complexity index is 1360. The molecule has 0 radical (unpaired) electrons. The number of fused-ring (bicyclic) bond motifs is 2. The van der Waals surface area contributed by atoms with Crippen LogP contribution in [0.4, 0.5) is 0 Å². The summed E-state index contributed by atoms with van der Waals surface area (Å²) in [5.74, 6) is 2.66. The summed E-state index contributed by atoms with van der Waals surface area (Å²) in [6.45, 7) is 4.76. The number of hydrogen-bond acceptors (Lipinski definition) is 6. The maximum Gasteiger partial charge on any atom is 0.258 e. The second-order valence-corrected chi connectivity index (χ2v) is 8.99. The number of nitrogens with one attached hydrogen (secondary N) is 1. The zero-order valence-corrected chi connectivity index (χ0v) is 19.1. The number of allylic oxidation sites excluding steroid dienone is 1. The number of rotatable bonds is 8. The lowest BCUT2D eigenvalue weighted by molar-refractivity contribution is 0.288. The van der Waals surface area contributed by atoms with Crippen molar-refractivity contribution in [3.8, 4) is 5.75 Å². The van der Waals surface area contributed by atoms with Gasteiger partial charge in [-0.1, -0.05) is 36.0 Å². The van der Waals surface area contributed by atoms with E-state index in [1.165, 1.54) is 35.7 Å². The number of hydrogen-bond donors (Lipinski definition) is 1. The van der Waals surface area contributed by atoms with Gasteiger partial charge in [-0.2, -0.15) is 0 Å². The van der Waals surface area contributed by atoms with Gasteiger partial charge in [0.2, 0.25) is 0 Å². The molecule has 0 saturated carbocycles.